The van der Waals surface area contributed by atoms with E-state index in [2.05, 4.69) is 23.2 Å². The summed E-state index contributed by atoms with van der Waals surface area (Å²) in [5, 5.41) is 12.0. The lowest BCUT2D eigenvalue weighted by Crippen LogP contribution is -2.40. The Morgan fingerprint density at radius 2 is 2.00 bits per heavy atom. The minimum Gasteiger partial charge on any atom is -0.360 e. The number of fused-ring (bicyclic) bond motifs is 1. The Morgan fingerprint density at radius 3 is 2.74 bits per heavy atom. The number of anilines is 2. The van der Waals surface area contributed by atoms with E-state index in [-0.39, 0.29) is 6.03 Å². The molecule has 0 aliphatic carbocycles. The number of benzene rings is 2. The Morgan fingerprint density at radius 1 is 1.19 bits per heavy atom. The number of aromatic nitrogens is 2. The highest BCUT2D eigenvalue weighted by Crippen LogP contribution is 2.29. The van der Waals surface area contributed by atoms with Crippen LogP contribution in [0.5, 0.6) is 0 Å². The molecule has 2 aromatic carbocycles. The summed E-state index contributed by atoms with van der Waals surface area (Å²) in [5.41, 5.74) is 4.07. The molecule has 0 spiro atoms. The van der Waals surface area contributed by atoms with Crippen LogP contribution < -0.4 is 10.2 Å². The van der Waals surface area contributed by atoms with Gasteiger partial charge in [-0.25, -0.2) is 14.8 Å². The molecule has 0 unspecified atom stereocenters. The Labute approximate surface area is 182 Å². The Bertz CT molecular complexity index is 1140. The number of nitrogens with one attached hydrogen (secondary N) is 1. The van der Waals surface area contributed by atoms with Crippen molar-refractivity contribution in [3.8, 4) is 17.5 Å². The van der Waals surface area contributed by atoms with Gasteiger partial charge in [0.05, 0.1) is 23.9 Å². The quantitative estimate of drug-likeness (QED) is 0.698. The van der Waals surface area contributed by atoms with Crippen LogP contribution in [0.15, 0.2) is 54.6 Å². The molecule has 0 fully saturated rings. The number of urea groups is 1. The second-order valence-corrected chi connectivity index (χ2v) is 7.47. The molecule has 3 aromatic rings. The maximum Gasteiger partial charge on any atom is 0.322 e. The highest BCUT2D eigenvalue weighted by Gasteiger charge is 2.27. The maximum atomic E-state index is 12.9. The first kappa shape index (κ1) is 20.4. The molecular formula is C24H24N6O. The van der Waals surface area contributed by atoms with E-state index in [0.29, 0.717) is 36.6 Å². The minimum atomic E-state index is -0.196. The van der Waals surface area contributed by atoms with Gasteiger partial charge in [0.2, 0.25) is 0 Å². The zero-order valence-corrected chi connectivity index (χ0v) is 17.7. The van der Waals surface area contributed by atoms with E-state index in [9.17, 15) is 4.79 Å². The number of hydrogen-bond donors (Lipinski definition) is 1. The number of hydrogen-bond acceptors (Lipinski definition) is 5. The van der Waals surface area contributed by atoms with E-state index in [1.54, 1.807) is 29.2 Å². The lowest BCUT2D eigenvalue weighted by Gasteiger charge is -2.31. The van der Waals surface area contributed by atoms with Crippen molar-refractivity contribution in [3.63, 3.8) is 0 Å². The van der Waals surface area contributed by atoms with Gasteiger partial charge in [-0.3, -0.25) is 0 Å². The van der Waals surface area contributed by atoms with Crippen molar-refractivity contribution in [2.45, 2.75) is 19.9 Å². The van der Waals surface area contributed by atoms with Gasteiger partial charge < -0.3 is 15.1 Å². The molecule has 7 heteroatoms. The largest absolute Gasteiger partial charge is 0.360 e. The molecule has 156 valence electrons. The SMILES string of the molecule is CCN(C)c1nc(-c2ccccc2)nc2c1CN(C(=O)Nc1cccc(C#N)c1)CC2. The molecule has 1 aliphatic heterocycles. The van der Waals surface area contributed by atoms with E-state index in [0.717, 1.165) is 29.2 Å². The summed E-state index contributed by atoms with van der Waals surface area (Å²) in [7, 11) is 2.00. The van der Waals surface area contributed by atoms with Crippen LogP contribution in [-0.4, -0.2) is 41.0 Å². The molecule has 0 radical (unpaired) electrons. The van der Waals surface area contributed by atoms with E-state index in [4.69, 9.17) is 15.2 Å². The van der Waals surface area contributed by atoms with E-state index < -0.39 is 0 Å². The van der Waals surface area contributed by atoms with Gasteiger partial charge in [0, 0.05) is 43.4 Å². The summed E-state index contributed by atoms with van der Waals surface area (Å²) in [5.74, 6) is 1.57. The summed E-state index contributed by atoms with van der Waals surface area (Å²) in [6.07, 6.45) is 0.661. The average molecular weight is 412 g/mol. The van der Waals surface area contributed by atoms with Gasteiger partial charge >= 0.3 is 6.03 Å². The van der Waals surface area contributed by atoms with Crippen LogP contribution >= 0.6 is 0 Å². The Kier molecular flexibility index (Phi) is 5.80. The third-order valence-corrected chi connectivity index (χ3v) is 5.44. The third-order valence-electron chi connectivity index (χ3n) is 5.44. The lowest BCUT2D eigenvalue weighted by atomic mass is 10.0. The molecule has 0 bridgehead atoms. The molecule has 0 saturated heterocycles. The summed E-state index contributed by atoms with van der Waals surface area (Å²) in [6, 6.07) is 18.8. The van der Waals surface area contributed by atoms with Gasteiger partial charge in [0.1, 0.15) is 5.82 Å². The van der Waals surface area contributed by atoms with Crippen LogP contribution in [0.25, 0.3) is 11.4 Å². The number of rotatable bonds is 4. The molecule has 0 saturated carbocycles. The second-order valence-electron chi connectivity index (χ2n) is 7.47. The predicted octanol–water partition coefficient (Wildman–Crippen LogP) is 4.06. The summed E-state index contributed by atoms with van der Waals surface area (Å²) in [4.78, 5) is 26.4. The number of carbonyl (C=O) groups excluding carboxylic acids is 1. The first-order valence-corrected chi connectivity index (χ1v) is 10.3. The zero-order valence-electron chi connectivity index (χ0n) is 17.7. The van der Waals surface area contributed by atoms with Crippen LogP contribution in [-0.2, 0) is 13.0 Å². The topological polar surface area (TPSA) is 85.2 Å². The Hall–Kier alpha value is -3.92. The van der Waals surface area contributed by atoms with E-state index in [1.807, 2.05) is 37.4 Å². The lowest BCUT2D eigenvalue weighted by molar-refractivity contribution is 0.206. The molecule has 0 atom stereocenters. The van der Waals surface area contributed by atoms with Gasteiger partial charge in [-0.2, -0.15) is 5.26 Å². The molecule has 1 aliphatic rings. The second kappa shape index (κ2) is 8.84. The summed E-state index contributed by atoms with van der Waals surface area (Å²) in [6.45, 7) is 3.88. The average Bonchev–Trinajstić information content (AvgIpc) is 2.83. The van der Waals surface area contributed by atoms with Crippen LogP contribution in [0.2, 0.25) is 0 Å². The molecular weight excluding hydrogens is 388 g/mol. The van der Waals surface area contributed by atoms with Crippen molar-refractivity contribution in [2.75, 3.05) is 30.4 Å². The summed E-state index contributed by atoms with van der Waals surface area (Å²) >= 11 is 0. The molecule has 2 heterocycles. The van der Waals surface area contributed by atoms with Crippen molar-refractivity contribution in [2.24, 2.45) is 0 Å². The highest BCUT2D eigenvalue weighted by molar-refractivity contribution is 5.89. The van der Waals surface area contributed by atoms with Crippen molar-refractivity contribution in [1.29, 1.82) is 5.26 Å². The van der Waals surface area contributed by atoms with Crippen molar-refractivity contribution >= 4 is 17.5 Å². The normalized spacial score (nSPS) is 12.6. The molecule has 4 rings (SSSR count). The van der Waals surface area contributed by atoms with Gasteiger partial charge in [0.25, 0.3) is 0 Å². The van der Waals surface area contributed by atoms with E-state index in [1.165, 1.54) is 0 Å². The van der Waals surface area contributed by atoms with Crippen LogP contribution in [0, 0.1) is 11.3 Å². The maximum absolute atomic E-state index is 12.9. The van der Waals surface area contributed by atoms with Gasteiger partial charge in [-0.1, -0.05) is 36.4 Å². The van der Waals surface area contributed by atoms with Crippen molar-refractivity contribution in [3.05, 3.63) is 71.4 Å². The molecule has 1 N–H and O–H groups in total. The first-order chi connectivity index (χ1) is 15.1. The van der Waals surface area contributed by atoms with Crippen molar-refractivity contribution < 1.29 is 4.79 Å². The monoisotopic (exact) mass is 412 g/mol. The molecule has 2 amide bonds. The minimum absolute atomic E-state index is 0.196. The zero-order chi connectivity index (χ0) is 21.8. The Balaban J connectivity index is 1.61. The standard InChI is InChI=1S/C24H24N6O/c1-3-29(2)23-20-16-30(24(31)26-19-11-7-8-17(14-19)15-25)13-12-21(20)27-22(28-23)18-9-5-4-6-10-18/h4-11,14H,3,12-13,16H2,1-2H3,(H,26,31). The fourth-order valence-corrected chi connectivity index (χ4v) is 3.62. The fraction of sp³-hybridized carbons (Fsp3) is 0.250. The van der Waals surface area contributed by atoms with Crippen LogP contribution in [0.4, 0.5) is 16.3 Å². The number of nitriles is 1. The van der Waals surface area contributed by atoms with Crippen LogP contribution in [0.1, 0.15) is 23.7 Å². The molecule has 31 heavy (non-hydrogen) atoms. The number of nitrogens with zero attached hydrogens (tertiary/aromatic N) is 5. The van der Waals surface area contributed by atoms with Gasteiger partial charge in [-0.05, 0) is 25.1 Å². The van der Waals surface area contributed by atoms with Crippen molar-refractivity contribution in [1.82, 2.24) is 14.9 Å². The predicted molar refractivity (Wildman–Crippen MR) is 121 cm³/mol. The number of amides is 2. The number of carbonyl (C=O) groups is 1. The van der Waals surface area contributed by atoms with Gasteiger partial charge in [-0.15, -0.1) is 0 Å². The van der Waals surface area contributed by atoms with Crippen LogP contribution in [0.3, 0.4) is 0 Å². The first-order valence-electron chi connectivity index (χ1n) is 10.3. The molecule has 1 aromatic heterocycles. The third kappa shape index (κ3) is 4.33. The highest BCUT2D eigenvalue weighted by atomic mass is 16.2. The summed E-state index contributed by atoms with van der Waals surface area (Å²) < 4.78 is 0. The smallest absolute Gasteiger partial charge is 0.322 e. The van der Waals surface area contributed by atoms with E-state index >= 15 is 0 Å². The fourth-order valence-electron chi connectivity index (χ4n) is 3.62. The molecule has 7 nitrogen and oxygen atoms in total. The van der Waals surface area contributed by atoms with Gasteiger partial charge in [0.15, 0.2) is 5.82 Å².